The van der Waals surface area contributed by atoms with Crippen molar-refractivity contribution in [2.75, 3.05) is 19.7 Å². The summed E-state index contributed by atoms with van der Waals surface area (Å²) in [4.78, 5) is 28.2. The van der Waals surface area contributed by atoms with E-state index in [2.05, 4.69) is 9.72 Å². The van der Waals surface area contributed by atoms with E-state index in [1.165, 1.54) is 12.1 Å². The molecular weight excluding hydrogens is 332 g/mol. The molecule has 1 fully saturated rings. The van der Waals surface area contributed by atoms with Gasteiger partial charge in [0.05, 0.1) is 18.7 Å². The fraction of sp³-hybridized carbons (Fsp3) is 0.333. The molecule has 1 N–H and O–H groups in total. The first kappa shape index (κ1) is 16.4. The van der Waals surface area contributed by atoms with E-state index in [9.17, 15) is 27.2 Å². The van der Waals surface area contributed by atoms with Crippen molar-refractivity contribution in [2.45, 2.75) is 12.3 Å². The van der Waals surface area contributed by atoms with Gasteiger partial charge in [-0.05, 0) is 12.1 Å². The number of aromatic nitrogens is 1. The molecule has 9 heteroatoms. The lowest BCUT2D eigenvalue weighted by molar-refractivity contribution is -0.233. The second-order valence-corrected chi connectivity index (χ2v) is 5.35. The van der Waals surface area contributed by atoms with Gasteiger partial charge in [-0.15, -0.1) is 0 Å². The lowest BCUT2D eigenvalue weighted by atomic mass is 10.1. The van der Waals surface area contributed by atoms with E-state index < -0.39 is 36.0 Å². The van der Waals surface area contributed by atoms with Crippen LogP contribution in [0.15, 0.2) is 29.2 Å². The molecule has 5 nitrogen and oxygen atoms in total. The van der Waals surface area contributed by atoms with Crippen LogP contribution >= 0.6 is 0 Å². The topological polar surface area (TPSA) is 62.4 Å². The molecule has 0 spiro atoms. The summed E-state index contributed by atoms with van der Waals surface area (Å²) in [6, 6.07) is 3.80. The maximum absolute atomic E-state index is 13.6. The number of amides is 1. The summed E-state index contributed by atoms with van der Waals surface area (Å²) in [7, 11) is 0. The number of nitrogens with one attached hydrogen (secondary N) is 1. The number of morpholine rings is 1. The van der Waals surface area contributed by atoms with Crippen LogP contribution in [0.4, 0.5) is 17.6 Å². The Morgan fingerprint density at radius 1 is 1.33 bits per heavy atom. The Bertz CT molecular complexity index is 847. The van der Waals surface area contributed by atoms with Gasteiger partial charge < -0.3 is 14.6 Å². The quantitative estimate of drug-likeness (QED) is 0.806. The number of fused-ring (bicyclic) bond motifs is 1. The van der Waals surface area contributed by atoms with Gasteiger partial charge in [-0.3, -0.25) is 9.59 Å². The van der Waals surface area contributed by atoms with E-state index in [0.29, 0.717) is 0 Å². The van der Waals surface area contributed by atoms with Crippen LogP contribution in [0.3, 0.4) is 0 Å². The summed E-state index contributed by atoms with van der Waals surface area (Å²) in [5, 5.41) is -0.0403. The molecule has 1 aliphatic rings. The van der Waals surface area contributed by atoms with E-state index in [-0.39, 0.29) is 29.6 Å². The smallest absolute Gasteiger partial charge is 0.365 e. The Kier molecular flexibility index (Phi) is 4.04. The monoisotopic (exact) mass is 344 g/mol. The standard InChI is InChI=1S/C15H12F4N2O3/c16-10-3-1-2-8-12(10)20-6-9(13(8)22)14(23)21-4-5-24-11(7-21)15(17,18)19/h1-3,6,11H,4-5,7H2,(H,20,22)/t11-/m1/s1. The number of benzene rings is 1. The molecule has 1 aromatic carbocycles. The van der Waals surface area contributed by atoms with Crippen LogP contribution in [0.2, 0.25) is 0 Å². The fourth-order valence-electron chi connectivity index (χ4n) is 2.58. The minimum absolute atomic E-state index is 0.0403. The number of carbonyl (C=O) groups is 1. The van der Waals surface area contributed by atoms with E-state index >= 15 is 0 Å². The molecule has 1 saturated heterocycles. The van der Waals surface area contributed by atoms with Crippen molar-refractivity contribution < 1.29 is 27.1 Å². The molecule has 1 aliphatic heterocycles. The van der Waals surface area contributed by atoms with Gasteiger partial charge in [0.1, 0.15) is 11.4 Å². The van der Waals surface area contributed by atoms with Crippen LogP contribution in [0, 0.1) is 5.82 Å². The molecular formula is C15H12F4N2O3. The lowest BCUT2D eigenvalue weighted by Crippen LogP contribution is -2.51. The zero-order valence-electron chi connectivity index (χ0n) is 12.2. The van der Waals surface area contributed by atoms with E-state index in [1.54, 1.807) is 0 Å². The largest absolute Gasteiger partial charge is 0.416 e. The molecule has 3 rings (SSSR count). The third kappa shape index (κ3) is 2.86. The first-order valence-electron chi connectivity index (χ1n) is 7.06. The Morgan fingerprint density at radius 3 is 2.79 bits per heavy atom. The summed E-state index contributed by atoms with van der Waals surface area (Å²) in [5.74, 6) is -1.51. The highest BCUT2D eigenvalue weighted by atomic mass is 19.4. The predicted octanol–water partition coefficient (Wildman–Crippen LogP) is 2.07. The number of hydrogen-bond acceptors (Lipinski definition) is 3. The molecule has 2 heterocycles. The van der Waals surface area contributed by atoms with Gasteiger partial charge in [0.15, 0.2) is 6.10 Å². The summed E-state index contributed by atoms with van der Waals surface area (Å²) in [6.07, 6.45) is -5.67. The maximum Gasteiger partial charge on any atom is 0.416 e. The minimum Gasteiger partial charge on any atom is -0.365 e. The van der Waals surface area contributed by atoms with Crippen molar-refractivity contribution in [3.63, 3.8) is 0 Å². The van der Waals surface area contributed by atoms with Gasteiger partial charge in [0, 0.05) is 18.1 Å². The molecule has 0 aliphatic carbocycles. The Balaban J connectivity index is 1.94. The van der Waals surface area contributed by atoms with Crippen LogP contribution in [-0.4, -0.2) is 47.8 Å². The van der Waals surface area contributed by atoms with E-state index in [4.69, 9.17) is 0 Å². The van der Waals surface area contributed by atoms with Crippen molar-refractivity contribution in [2.24, 2.45) is 0 Å². The normalized spacial score (nSPS) is 18.8. The molecule has 0 bridgehead atoms. The molecule has 1 atom stereocenters. The first-order valence-corrected chi connectivity index (χ1v) is 7.06. The van der Waals surface area contributed by atoms with Crippen LogP contribution < -0.4 is 5.43 Å². The number of H-pyrrole nitrogens is 1. The molecule has 24 heavy (non-hydrogen) atoms. The highest BCUT2D eigenvalue weighted by molar-refractivity contribution is 5.97. The van der Waals surface area contributed by atoms with E-state index in [0.717, 1.165) is 17.2 Å². The number of nitrogens with zero attached hydrogens (tertiary/aromatic N) is 1. The lowest BCUT2D eigenvalue weighted by Gasteiger charge is -2.33. The van der Waals surface area contributed by atoms with Crippen molar-refractivity contribution >= 4 is 16.8 Å². The number of hydrogen-bond donors (Lipinski definition) is 1. The number of para-hydroxylation sites is 1. The zero-order valence-corrected chi connectivity index (χ0v) is 12.2. The number of carbonyl (C=O) groups excluding carboxylic acids is 1. The SMILES string of the molecule is O=C(c1c[nH]c2c(F)cccc2c1=O)N1CCO[C@@H](C(F)(F)F)C1. The Labute approximate surface area is 132 Å². The highest BCUT2D eigenvalue weighted by Crippen LogP contribution is 2.26. The fourth-order valence-corrected chi connectivity index (χ4v) is 2.58. The molecule has 0 saturated carbocycles. The van der Waals surface area contributed by atoms with Gasteiger partial charge in [0.2, 0.25) is 5.43 Å². The van der Waals surface area contributed by atoms with Gasteiger partial charge in [-0.1, -0.05) is 6.07 Å². The number of ether oxygens (including phenoxy) is 1. The summed E-state index contributed by atoms with van der Waals surface area (Å²) >= 11 is 0. The third-order valence-corrected chi connectivity index (χ3v) is 3.81. The molecule has 1 aromatic heterocycles. The molecule has 1 amide bonds. The first-order chi connectivity index (χ1) is 11.3. The van der Waals surface area contributed by atoms with Gasteiger partial charge in [-0.2, -0.15) is 13.2 Å². The van der Waals surface area contributed by atoms with Gasteiger partial charge >= 0.3 is 6.18 Å². The zero-order chi connectivity index (χ0) is 17.5. The van der Waals surface area contributed by atoms with E-state index in [1.807, 2.05) is 0 Å². The second-order valence-electron chi connectivity index (χ2n) is 5.35. The second kappa shape index (κ2) is 5.90. The Hall–Kier alpha value is -2.42. The summed E-state index contributed by atoms with van der Waals surface area (Å²) in [5.41, 5.74) is -1.13. The maximum atomic E-state index is 13.6. The van der Waals surface area contributed by atoms with Crippen LogP contribution in [0.1, 0.15) is 10.4 Å². The van der Waals surface area contributed by atoms with Crippen LogP contribution in [0.25, 0.3) is 10.9 Å². The predicted molar refractivity (Wildman–Crippen MR) is 76.2 cm³/mol. The average Bonchev–Trinajstić information content (AvgIpc) is 2.55. The van der Waals surface area contributed by atoms with Crippen molar-refractivity contribution in [1.29, 1.82) is 0 Å². The molecule has 128 valence electrons. The van der Waals surface area contributed by atoms with Crippen LogP contribution in [-0.2, 0) is 4.74 Å². The number of alkyl halides is 3. The van der Waals surface area contributed by atoms with Gasteiger partial charge in [-0.25, -0.2) is 4.39 Å². The molecule has 0 unspecified atom stereocenters. The third-order valence-electron chi connectivity index (χ3n) is 3.81. The van der Waals surface area contributed by atoms with Crippen LogP contribution in [0.5, 0.6) is 0 Å². The average molecular weight is 344 g/mol. The number of pyridine rings is 1. The summed E-state index contributed by atoms with van der Waals surface area (Å²) in [6.45, 7) is -1.04. The van der Waals surface area contributed by atoms with Crippen molar-refractivity contribution in [1.82, 2.24) is 9.88 Å². The molecule has 2 aromatic rings. The van der Waals surface area contributed by atoms with Crippen molar-refractivity contribution in [3.05, 3.63) is 46.0 Å². The minimum atomic E-state index is -4.60. The van der Waals surface area contributed by atoms with Gasteiger partial charge in [0.25, 0.3) is 5.91 Å². The number of halogens is 4. The van der Waals surface area contributed by atoms with Crippen molar-refractivity contribution in [3.8, 4) is 0 Å². The summed E-state index contributed by atoms with van der Waals surface area (Å²) < 4.78 is 56.5. The Morgan fingerprint density at radius 2 is 2.08 bits per heavy atom. The highest BCUT2D eigenvalue weighted by Gasteiger charge is 2.44. The molecule has 0 radical (unpaired) electrons. The number of aromatic amines is 1. The number of rotatable bonds is 1.